The van der Waals surface area contributed by atoms with E-state index in [0.29, 0.717) is 36.2 Å². The molecule has 0 radical (unpaired) electrons. The molecule has 3 heterocycles. The summed E-state index contributed by atoms with van der Waals surface area (Å²) in [6.07, 6.45) is 5.27. The Bertz CT molecular complexity index is 2100. The highest BCUT2D eigenvalue weighted by Gasteiger charge is 2.62. The van der Waals surface area contributed by atoms with Crippen molar-refractivity contribution in [1.29, 1.82) is 0 Å². The SMILES string of the molecule is C=C[C@@H]1C[C@]1(NC(=O)[C@@H]1C[C@@H](Oc2cc(N3CC4CC4C3)nc(Nc3ccc(F)cc3)n2)CN1C(=O)[C@@H](NC(=O)OC1CCCC1)C(C)(C)C)C(=O)NS(=O)(=O)C1CC1. The Hall–Kier alpha value is -5.00. The van der Waals surface area contributed by atoms with Gasteiger partial charge in [-0.05, 0) is 92.9 Å². The van der Waals surface area contributed by atoms with Crippen molar-refractivity contribution in [3.8, 4) is 5.88 Å². The zero-order valence-electron chi connectivity index (χ0n) is 33.6. The summed E-state index contributed by atoms with van der Waals surface area (Å²) in [5.41, 5.74) is -1.85. The van der Waals surface area contributed by atoms with Crippen molar-refractivity contribution in [3.05, 3.63) is 48.8 Å². The van der Waals surface area contributed by atoms with E-state index in [1.807, 2.05) is 0 Å². The lowest BCUT2D eigenvalue weighted by atomic mass is 9.85. The number of rotatable bonds is 14. The van der Waals surface area contributed by atoms with E-state index in [4.69, 9.17) is 14.5 Å². The highest BCUT2D eigenvalue weighted by atomic mass is 32.2. The summed E-state index contributed by atoms with van der Waals surface area (Å²) in [6.45, 7) is 10.8. The number of sulfonamides is 1. The van der Waals surface area contributed by atoms with Gasteiger partial charge in [-0.15, -0.1) is 6.58 Å². The number of piperidine rings is 1. The normalized spacial score (nSPS) is 28.0. The monoisotopic (exact) mass is 836 g/mol. The van der Waals surface area contributed by atoms with Crippen molar-refractivity contribution in [1.82, 2.24) is 30.2 Å². The number of halogens is 1. The molecule has 318 valence electrons. The number of aromatic nitrogens is 2. The highest BCUT2D eigenvalue weighted by Crippen LogP contribution is 2.47. The first-order valence-corrected chi connectivity index (χ1v) is 22.2. The molecule has 8 rings (SSSR count). The van der Waals surface area contributed by atoms with Crippen LogP contribution in [0.4, 0.5) is 26.6 Å². The van der Waals surface area contributed by atoms with Gasteiger partial charge in [0.05, 0.1) is 11.8 Å². The molecule has 2 saturated heterocycles. The number of hydrogen-bond donors (Lipinski definition) is 4. The molecule has 59 heavy (non-hydrogen) atoms. The van der Waals surface area contributed by atoms with Crippen molar-refractivity contribution in [2.24, 2.45) is 23.2 Å². The zero-order chi connectivity index (χ0) is 41.9. The number of alkyl carbamates (subject to hydrolysis) is 1. The predicted octanol–water partition coefficient (Wildman–Crippen LogP) is 3.92. The summed E-state index contributed by atoms with van der Waals surface area (Å²) in [5, 5.41) is 8.05. The van der Waals surface area contributed by atoms with Crippen LogP contribution in [-0.2, 0) is 29.1 Å². The number of likely N-dealkylation sites (tertiary alicyclic amines) is 1. The average molecular weight is 837 g/mol. The van der Waals surface area contributed by atoms with E-state index >= 15 is 0 Å². The lowest BCUT2D eigenvalue weighted by Gasteiger charge is -2.35. The highest BCUT2D eigenvalue weighted by molar-refractivity contribution is 7.91. The Morgan fingerprint density at radius 2 is 1.68 bits per heavy atom. The first-order valence-electron chi connectivity index (χ1n) is 20.6. The van der Waals surface area contributed by atoms with Crippen LogP contribution in [0.3, 0.4) is 0 Å². The maximum Gasteiger partial charge on any atom is 0.408 e. The van der Waals surface area contributed by atoms with Crippen LogP contribution in [0.5, 0.6) is 5.88 Å². The van der Waals surface area contributed by atoms with Gasteiger partial charge in [0.25, 0.3) is 5.91 Å². The molecule has 18 heteroatoms. The van der Waals surface area contributed by atoms with E-state index in [0.717, 1.165) is 38.8 Å². The molecule has 0 bridgehead atoms. The number of anilines is 3. The van der Waals surface area contributed by atoms with E-state index in [1.54, 1.807) is 39.0 Å². The Balaban J connectivity index is 1.06. The van der Waals surface area contributed by atoms with Crippen LogP contribution < -0.4 is 30.3 Å². The maximum atomic E-state index is 14.7. The van der Waals surface area contributed by atoms with Crippen LogP contribution in [0.1, 0.15) is 78.6 Å². The van der Waals surface area contributed by atoms with Crippen molar-refractivity contribution in [2.75, 3.05) is 29.9 Å². The third kappa shape index (κ3) is 8.97. The molecule has 2 unspecified atom stereocenters. The molecule has 0 spiro atoms. The fourth-order valence-electron chi connectivity index (χ4n) is 8.63. The Labute approximate surface area is 343 Å². The van der Waals surface area contributed by atoms with Gasteiger partial charge in [-0.2, -0.15) is 9.97 Å². The largest absolute Gasteiger partial charge is 0.472 e. The van der Waals surface area contributed by atoms with Crippen LogP contribution in [0.25, 0.3) is 0 Å². The fourth-order valence-corrected chi connectivity index (χ4v) is 9.99. The topological polar surface area (TPSA) is 201 Å². The van der Waals surface area contributed by atoms with Gasteiger partial charge in [0, 0.05) is 37.2 Å². The molecule has 1 aromatic heterocycles. The number of fused-ring (bicyclic) bond motifs is 1. The van der Waals surface area contributed by atoms with E-state index in [1.165, 1.54) is 29.5 Å². The average Bonchev–Trinajstić information content (AvgIpc) is 4.14. The molecule has 4 saturated carbocycles. The zero-order valence-corrected chi connectivity index (χ0v) is 34.4. The minimum absolute atomic E-state index is 0.0221. The third-order valence-electron chi connectivity index (χ3n) is 12.4. The summed E-state index contributed by atoms with van der Waals surface area (Å²) in [5.74, 6) is -0.826. The van der Waals surface area contributed by atoms with Crippen LogP contribution in [0.2, 0.25) is 0 Å². The summed E-state index contributed by atoms with van der Waals surface area (Å²) in [7, 11) is -3.93. The van der Waals surface area contributed by atoms with Gasteiger partial charge in [-0.3, -0.25) is 19.1 Å². The van der Waals surface area contributed by atoms with Crippen LogP contribution in [0.15, 0.2) is 43.0 Å². The van der Waals surface area contributed by atoms with Crippen LogP contribution in [0, 0.1) is 29.0 Å². The minimum atomic E-state index is -3.93. The summed E-state index contributed by atoms with van der Waals surface area (Å²) >= 11 is 0. The lowest BCUT2D eigenvalue weighted by molar-refractivity contribution is -0.143. The predicted molar refractivity (Wildman–Crippen MR) is 214 cm³/mol. The van der Waals surface area contributed by atoms with Gasteiger partial charge in [0.15, 0.2) is 0 Å². The van der Waals surface area contributed by atoms with Crippen LogP contribution in [-0.4, -0.2) is 102 Å². The molecule has 4 aliphatic carbocycles. The molecule has 2 aromatic rings. The third-order valence-corrected chi connectivity index (χ3v) is 14.2. The molecule has 6 fully saturated rings. The minimum Gasteiger partial charge on any atom is -0.472 e. The van der Waals surface area contributed by atoms with Gasteiger partial charge in [-0.1, -0.05) is 26.8 Å². The smallest absolute Gasteiger partial charge is 0.408 e. The van der Waals surface area contributed by atoms with Gasteiger partial charge >= 0.3 is 6.09 Å². The Morgan fingerprint density at radius 1 is 0.983 bits per heavy atom. The van der Waals surface area contributed by atoms with Crippen molar-refractivity contribution in [2.45, 2.75) is 114 Å². The number of carbonyl (C=O) groups excluding carboxylic acids is 4. The molecular formula is C41H53FN8O8S. The van der Waals surface area contributed by atoms with E-state index in [9.17, 15) is 32.0 Å². The second-order valence-electron chi connectivity index (χ2n) is 18.1. The Morgan fingerprint density at radius 3 is 2.31 bits per heavy atom. The number of amides is 4. The molecule has 4 N–H and O–H groups in total. The number of hydrogen-bond acceptors (Lipinski definition) is 12. The van der Waals surface area contributed by atoms with Gasteiger partial charge < -0.3 is 35.2 Å². The molecule has 1 aromatic carbocycles. The molecule has 16 nitrogen and oxygen atoms in total. The maximum absolute atomic E-state index is 14.7. The summed E-state index contributed by atoms with van der Waals surface area (Å²) in [6, 6.07) is 5.18. The molecule has 2 aliphatic heterocycles. The van der Waals surface area contributed by atoms with Crippen molar-refractivity contribution in [3.63, 3.8) is 0 Å². The molecule has 6 aliphatic rings. The fraction of sp³-hybridized carbons (Fsp3) is 0.610. The number of nitrogens with zero attached hydrogens (tertiary/aromatic N) is 4. The molecular weight excluding hydrogens is 784 g/mol. The molecule has 7 atom stereocenters. The van der Waals surface area contributed by atoms with Crippen molar-refractivity contribution >= 4 is 51.3 Å². The number of carbonyl (C=O) groups is 4. The summed E-state index contributed by atoms with van der Waals surface area (Å²) in [4.78, 5) is 68.8. The van der Waals surface area contributed by atoms with E-state index in [-0.39, 0.29) is 37.3 Å². The Kier molecular flexibility index (Phi) is 10.7. The quantitative estimate of drug-likeness (QED) is 0.200. The standard InChI is InChI=1S/C41H53FN8O8S/c1-5-25-19-41(25,37(53)48-59(55,56)30-14-15-30)47-35(51)31-17-29(22-50(31)36(52)34(40(2,3)4)46-39(54)58-28-8-6-7-9-28)57-33-18-32(49-20-23-16-24(23)21-49)44-38(45-33)43-27-12-10-26(42)11-13-27/h5,10-13,18,23-25,28-31,34H,1,6-9,14-17,19-22H2,2-4H3,(H,46,54)(H,47,51)(H,48,53)(H,43,44,45)/t23?,24?,25-,29-,31+,34-,41-/m1/s1. The van der Waals surface area contributed by atoms with Gasteiger partial charge in [0.1, 0.15) is 41.5 Å². The second kappa shape index (κ2) is 15.6. The second-order valence-corrected chi connectivity index (χ2v) is 20.1. The van der Waals surface area contributed by atoms with Crippen molar-refractivity contribution < 1.29 is 41.5 Å². The van der Waals surface area contributed by atoms with Gasteiger partial charge in [0.2, 0.25) is 33.7 Å². The van der Waals surface area contributed by atoms with E-state index in [2.05, 4.69) is 37.1 Å². The first-order chi connectivity index (χ1) is 28.0. The number of benzene rings is 1. The first kappa shape index (κ1) is 40.8. The number of ether oxygens (including phenoxy) is 2. The number of nitrogens with one attached hydrogen (secondary N) is 4. The van der Waals surface area contributed by atoms with Gasteiger partial charge in [-0.25, -0.2) is 17.6 Å². The van der Waals surface area contributed by atoms with Crippen LogP contribution >= 0.6 is 0 Å². The summed E-state index contributed by atoms with van der Waals surface area (Å²) < 4.78 is 53.6. The van der Waals surface area contributed by atoms with E-state index < -0.39 is 80.0 Å². The lowest BCUT2D eigenvalue weighted by Crippen LogP contribution is -2.60. The molecule has 4 amide bonds.